The number of thioether (sulfide) groups is 1. The molecule has 25 heavy (non-hydrogen) atoms. The van der Waals surface area contributed by atoms with Gasteiger partial charge in [-0.15, -0.1) is 11.3 Å². The monoisotopic (exact) mass is 379 g/mol. The highest BCUT2D eigenvalue weighted by atomic mass is 32.2. The molecule has 0 unspecified atom stereocenters. The van der Waals surface area contributed by atoms with E-state index in [1.165, 1.54) is 21.2 Å². The predicted molar refractivity (Wildman–Crippen MR) is 95.3 cm³/mol. The number of amides is 2. The lowest BCUT2D eigenvalue weighted by atomic mass is 9.97. The summed E-state index contributed by atoms with van der Waals surface area (Å²) in [5.74, 6) is -0.279. The number of carbonyl (C=O) groups excluding carboxylic acids is 2. The summed E-state index contributed by atoms with van der Waals surface area (Å²) < 4.78 is 6.28. The van der Waals surface area contributed by atoms with Crippen LogP contribution < -0.4 is 5.56 Å². The first-order valence-electron chi connectivity index (χ1n) is 8.17. The summed E-state index contributed by atoms with van der Waals surface area (Å²) in [6.45, 7) is 0.514. The lowest BCUT2D eigenvalue weighted by Gasteiger charge is -2.12. The van der Waals surface area contributed by atoms with Crippen LogP contribution in [0, 0.1) is 0 Å². The third-order valence-corrected chi connectivity index (χ3v) is 6.74. The SMILES string of the molecule is Cn1c(SCC(=O)N2CCOC2=O)nc2sc3c(c2c1=O)CCCC3. The van der Waals surface area contributed by atoms with Crippen LogP contribution in [0.1, 0.15) is 23.3 Å². The highest BCUT2D eigenvalue weighted by molar-refractivity contribution is 7.99. The van der Waals surface area contributed by atoms with E-state index in [0.29, 0.717) is 5.16 Å². The summed E-state index contributed by atoms with van der Waals surface area (Å²) in [6.07, 6.45) is 3.61. The summed E-state index contributed by atoms with van der Waals surface area (Å²) in [4.78, 5) is 44.1. The van der Waals surface area contributed by atoms with Gasteiger partial charge in [0.25, 0.3) is 5.56 Å². The Morgan fingerprint density at radius 3 is 2.88 bits per heavy atom. The Hall–Kier alpha value is -1.87. The molecule has 1 fully saturated rings. The van der Waals surface area contributed by atoms with Crippen LogP contribution in [0.15, 0.2) is 9.95 Å². The first-order chi connectivity index (χ1) is 12.1. The highest BCUT2D eigenvalue weighted by Gasteiger charge is 2.28. The van der Waals surface area contributed by atoms with Gasteiger partial charge in [-0.25, -0.2) is 14.7 Å². The van der Waals surface area contributed by atoms with E-state index >= 15 is 0 Å². The zero-order chi connectivity index (χ0) is 17.6. The third kappa shape index (κ3) is 2.85. The fourth-order valence-electron chi connectivity index (χ4n) is 3.22. The van der Waals surface area contributed by atoms with Crippen LogP contribution in [-0.2, 0) is 29.4 Å². The van der Waals surface area contributed by atoms with Crippen molar-refractivity contribution in [2.75, 3.05) is 18.9 Å². The molecule has 3 heterocycles. The molecule has 9 heteroatoms. The van der Waals surface area contributed by atoms with Gasteiger partial charge in [0.2, 0.25) is 5.91 Å². The van der Waals surface area contributed by atoms with Gasteiger partial charge in [-0.1, -0.05) is 11.8 Å². The number of imide groups is 1. The van der Waals surface area contributed by atoms with Gasteiger partial charge in [0, 0.05) is 11.9 Å². The molecule has 2 aliphatic rings. The summed E-state index contributed by atoms with van der Waals surface area (Å²) in [6, 6.07) is 0. The molecule has 0 saturated carbocycles. The Morgan fingerprint density at radius 2 is 2.12 bits per heavy atom. The number of rotatable bonds is 3. The van der Waals surface area contributed by atoms with Gasteiger partial charge < -0.3 is 4.74 Å². The summed E-state index contributed by atoms with van der Waals surface area (Å²) in [5.41, 5.74) is 1.10. The zero-order valence-electron chi connectivity index (χ0n) is 13.7. The normalized spacial score (nSPS) is 17.0. The van der Waals surface area contributed by atoms with Crippen molar-refractivity contribution in [3.63, 3.8) is 0 Å². The first kappa shape index (κ1) is 16.6. The van der Waals surface area contributed by atoms with Crippen molar-refractivity contribution >= 4 is 45.3 Å². The number of aryl methyl sites for hydroxylation is 2. The number of carbonyl (C=O) groups is 2. The number of cyclic esters (lactones) is 1. The van der Waals surface area contributed by atoms with Gasteiger partial charge in [-0.05, 0) is 31.2 Å². The lowest BCUT2D eigenvalue weighted by molar-refractivity contribution is -0.125. The Balaban J connectivity index is 1.62. The van der Waals surface area contributed by atoms with E-state index < -0.39 is 6.09 Å². The molecule has 7 nitrogen and oxygen atoms in total. The Morgan fingerprint density at radius 1 is 1.32 bits per heavy atom. The Kier molecular flexibility index (Phi) is 4.28. The predicted octanol–water partition coefficient (Wildman–Crippen LogP) is 1.94. The van der Waals surface area contributed by atoms with E-state index in [0.717, 1.165) is 46.4 Å². The van der Waals surface area contributed by atoms with Crippen molar-refractivity contribution in [1.29, 1.82) is 0 Å². The number of nitrogens with zero attached hydrogens (tertiary/aromatic N) is 3. The molecule has 0 atom stereocenters. The van der Waals surface area contributed by atoms with E-state index in [9.17, 15) is 14.4 Å². The van der Waals surface area contributed by atoms with Crippen LogP contribution in [0.25, 0.3) is 10.2 Å². The van der Waals surface area contributed by atoms with Crippen molar-refractivity contribution < 1.29 is 14.3 Å². The maximum absolute atomic E-state index is 12.8. The third-order valence-electron chi connectivity index (χ3n) is 4.54. The van der Waals surface area contributed by atoms with Crippen molar-refractivity contribution in [1.82, 2.24) is 14.5 Å². The fraction of sp³-hybridized carbons (Fsp3) is 0.500. The van der Waals surface area contributed by atoms with Gasteiger partial charge in [0.15, 0.2) is 5.16 Å². The van der Waals surface area contributed by atoms with Gasteiger partial charge >= 0.3 is 6.09 Å². The molecule has 1 aliphatic carbocycles. The second kappa shape index (κ2) is 6.45. The molecular formula is C16H17N3O4S2. The fourth-order valence-corrected chi connectivity index (χ4v) is 5.37. The van der Waals surface area contributed by atoms with Gasteiger partial charge in [0.05, 0.1) is 17.7 Å². The minimum Gasteiger partial charge on any atom is -0.447 e. The molecule has 2 aromatic rings. The van der Waals surface area contributed by atoms with Crippen molar-refractivity contribution in [3.8, 4) is 0 Å². The van der Waals surface area contributed by atoms with Crippen molar-refractivity contribution in [2.24, 2.45) is 7.05 Å². The molecule has 132 valence electrons. The van der Waals surface area contributed by atoms with E-state index in [2.05, 4.69) is 4.98 Å². The minimum absolute atomic E-state index is 0.0476. The van der Waals surface area contributed by atoms with Crippen LogP contribution in [-0.4, -0.2) is 45.4 Å². The molecule has 0 spiro atoms. The quantitative estimate of drug-likeness (QED) is 0.599. The number of hydrogen-bond donors (Lipinski definition) is 0. The zero-order valence-corrected chi connectivity index (χ0v) is 15.4. The van der Waals surface area contributed by atoms with E-state index in [4.69, 9.17) is 4.74 Å². The molecular weight excluding hydrogens is 362 g/mol. The van der Waals surface area contributed by atoms with Crippen LogP contribution in [0.2, 0.25) is 0 Å². The van der Waals surface area contributed by atoms with Crippen LogP contribution in [0.4, 0.5) is 4.79 Å². The Labute approximate surface area is 152 Å². The summed E-state index contributed by atoms with van der Waals surface area (Å²) in [7, 11) is 1.68. The summed E-state index contributed by atoms with van der Waals surface area (Å²) in [5, 5.41) is 1.23. The molecule has 0 bridgehead atoms. The molecule has 0 aromatic carbocycles. The van der Waals surface area contributed by atoms with Gasteiger partial charge in [-0.3, -0.25) is 14.2 Å². The number of hydrogen-bond acceptors (Lipinski definition) is 7. The first-order valence-corrected chi connectivity index (χ1v) is 9.97. The standard InChI is InChI=1S/C16H17N3O4S2/c1-18-14(21)12-9-4-2-3-5-10(9)25-13(12)17-15(18)24-8-11(20)19-6-7-23-16(19)22/h2-8H2,1H3. The average molecular weight is 379 g/mol. The Bertz CT molecular complexity index is 934. The van der Waals surface area contributed by atoms with Crippen LogP contribution >= 0.6 is 23.1 Å². The maximum Gasteiger partial charge on any atom is 0.416 e. The molecule has 0 N–H and O–H groups in total. The average Bonchev–Trinajstić information content (AvgIpc) is 3.19. The smallest absolute Gasteiger partial charge is 0.416 e. The number of ether oxygens (including phenoxy) is 1. The van der Waals surface area contributed by atoms with E-state index in [-0.39, 0.29) is 30.4 Å². The van der Waals surface area contributed by atoms with Crippen molar-refractivity contribution in [3.05, 3.63) is 20.8 Å². The minimum atomic E-state index is -0.603. The molecule has 1 saturated heterocycles. The molecule has 0 radical (unpaired) electrons. The lowest BCUT2D eigenvalue weighted by Crippen LogP contribution is -2.33. The summed E-state index contributed by atoms with van der Waals surface area (Å²) >= 11 is 2.77. The molecule has 1 aliphatic heterocycles. The number of thiophene rings is 1. The second-order valence-electron chi connectivity index (χ2n) is 6.10. The van der Waals surface area contributed by atoms with Gasteiger partial charge in [-0.2, -0.15) is 0 Å². The molecule has 2 aromatic heterocycles. The maximum atomic E-state index is 12.8. The van der Waals surface area contributed by atoms with E-state index in [1.807, 2.05) is 0 Å². The van der Waals surface area contributed by atoms with Crippen LogP contribution in [0.3, 0.4) is 0 Å². The number of fused-ring (bicyclic) bond motifs is 3. The van der Waals surface area contributed by atoms with E-state index in [1.54, 1.807) is 18.4 Å². The topological polar surface area (TPSA) is 81.5 Å². The second-order valence-corrected chi connectivity index (χ2v) is 8.12. The molecule has 2 amide bonds. The van der Waals surface area contributed by atoms with Crippen molar-refractivity contribution in [2.45, 2.75) is 30.8 Å². The highest BCUT2D eigenvalue weighted by Crippen LogP contribution is 2.34. The molecule has 4 rings (SSSR count). The van der Waals surface area contributed by atoms with Crippen LogP contribution in [0.5, 0.6) is 0 Å². The van der Waals surface area contributed by atoms with Gasteiger partial charge in [0.1, 0.15) is 11.4 Å². The largest absolute Gasteiger partial charge is 0.447 e. The number of aromatic nitrogens is 2.